The Morgan fingerprint density at radius 1 is 1.21 bits per heavy atom. The molecule has 0 aliphatic rings. The van der Waals surface area contributed by atoms with Gasteiger partial charge < -0.3 is 9.73 Å². The van der Waals surface area contributed by atoms with Crippen molar-refractivity contribution in [1.29, 1.82) is 0 Å². The molecule has 0 aliphatic heterocycles. The summed E-state index contributed by atoms with van der Waals surface area (Å²) in [6, 6.07) is 12.2. The van der Waals surface area contributed by atoms with Gasteiger partial charge in [-0.15, -0.1) is 0 Å². The number of aryl methyl sites for hydroxylation is 2. The highest BCUT2D eigenvalue weighted by Crippen LogP contribution is 2.23. The molecule has 1 amide bonds. The number of amides is 1. The second-order valence-corrected chi connectivity index (χ2v) is 5.98. The van der Waals surface area contributed by atoms with Gasteiger partial charge in [0.25, 0.3) is 5.91 Å². The predicted octanol–water partition coefficient (Wildman–Crippen LogP) is 4.57. The van der Waals surface area contributed by atoms with Crippen LogP contribution in [-0.4, -0.2) is 5.91 Å². The van der Waals surface area contributed by atoms with Crippen molar-refractivity contribution in [3.05, 3.63) is 74.6 Å². The van der Waals surface area contributed by atoms with Gasteiger partial charge in [-0.3, -0.25) is 4.79 Å². The maximum atomic E-state index is 12.6. The molecule has 24 heavy (non-hydrogen) atoms. The van der Waals surface area contributed by atoms with Crippen LogP contribution in [0.2, 0.25) is 5.02 Å². The largest absolute Gasteiger partial charge is 0.422 e. The molecule has 1 aromatic heterocycles. The van der Waals surface area contributed by atoms with Crippen LogP contribution in [0.5, 0.6) is 0 Å². The number of fused-ring (bicyclic) bond motifs is 1. The second kappa shape index (κ2) is 6.49. The van der Waals surface area contributed by atoms with E-state index in [4.69, 9.17) is 16.0 Å². The fourth-order valence-corrected chi connectivity index (χ4v) is 2.82. The van der Waals surface area contributed by atoms with Crippen molar-refractivity contribution in [3.63, 3.8) is 0 Å². The van der Waals surface area contributed by atoms with Crippen molar-refractivity contribution in [1.82, 2.24) is 0 Å². The van der Waals surface area contributed by atoms with Gasteiger partial charge in [-0.05, 0) is 48.7 Å². The lowest BCUT2D eigenvalue weighted by atomic mass is 10.1. The van der Waals surface area contributed by atoms with Gasteiger partial charge in [0, 0.05) is 16.1 Å². The number of anilines is 1. The lowest BCUT2D eigenvalue weighted by molar-refractivity contribution is 0.102. The number of hydrogen-bond donors (Lipinski definition) is 1. The van der Waals surface area contributed by atoms with Gasteiger partial charge in [-0.2, -0.15) is 0 Å². The molecule has 0 saturated carbocycles. The smallest absolute Gasteiger partial charge is 0.349 e. The number of carbonyl (C=O) groups is 1. The average Bonchev–Trinajstić information content (AvgIpc) is 2.56. The zero-order valence-corrected chi connectivity index (χ0v) is 14.1. The van der Waals surface area contributed by atoms with Crippen LogP contribution in [0.25, 0.3) is 11.0 Å². The average molecular weight is 342 g/mol. The minimum Gasteiger partial charge on any atom is -0.422 e. The number of rotatable bonds is 3. The molecule has 5 heteroatoms. The molecule has 3 rings (SSSR count). The Bertz CT molecular complexity index is 992. The number of para-hydroxylation sites is 1. The highest BCUT2D eigenvalue weighted by molar-refractivity contribution is 6.31. The number of benzene rings is 2. The number of hydrogen-bond acceptors (Lipinski definition) is 3. The monoisotopic (exact) mass is 341 g/mol. The van der Waals surface area contributed by atoms with Crippen LogP contribution in [0.15, 0.2) is 51.7 Å². The number of carbonyl (C=O) groups excluding carboxylic acids is 1. The zero-order valence-electron chi connectivity index (χ0n) is 13.4. The van der Waals surface area contributed by atoms with Gasteiger partial charge in [-0.1, -0.05) is 36.7 Å². The van der Waals surface area contributed by atoms with Crippen LogP contribution in [0, 0.1) is 6.92 Å². The Hall–Kier alpha value is -2.59. The summed E-state index contributed by atoms with van der Waals surface area (Å²) < 4.78 is 5.22. The van der Waals surface area contributed by atoms with E-state index in [1.54, 1.807) is 18.2 Å². The molecule has 0 spiro atoms. The Balaban J connectivity index is 2.03. The third kappa shape index (κ3) is 3.05. The Kier molecular flexibility index (Phi) is 4.40. The first-order chi connectivity index (χ1) is 11.5. The molecular weight excluding hydrogens is 326 g/mol. The molecule has 1 N–H and O–H groups in total. The summed E-state index contributed by atoms with van der Waals surface area (Å²) in [5.74, 6) is -0.491. The van der Waals surface area contributed by atoms with E-state index in [2.05, 4.69) is 5.32 Å². The van der Waals surface area contributed by atoms with E-state index >= 15 is 0 Å². The lowest BCUT2D eigenvalue weighted by Gasteiger charge is -2.12. The summed E-state index contributed by atoms with van der Waals surface area (Å²) in [6.45, 7) is 3.92. The summed E-state index contributed by atoms with van der Waals surface area (Å²) in [5.41, 5.74) is 2.36. The summed E-state index contributed by atoms with van der Waals surface area (Å²) >= 11 is 5.96. The normalized spacial score (nSPS) is 10.8. The van der Waals surface area contributed by atoms with E-state index in [1.807, 2.05) is 32.0 Å². The fraction of sp³-hybridized carbons (Fsp3) is 0.158. The van der Waals surface area contributed by atoms with E-state index in [9.17, 15) is 9.59 Å². The van der Waals surface area contributed by atoms with Crippen molar-refractivity contribution < 1.29 is 9.21 Å². The van der Waals surface area contributed by atoms with E-state index < -0.39 is 11.5 Å². The van der Waals surface area contributed by atoms with Crippen LogP contribution in [0.4, 0.5) is 5.69 Å². The Morgan fingerprint density at radius 3 is 2.75 bits per heavy atom. The van der Waals surface area contributed by atoms with Gasteiger partial charge in [0.15, 0.2) is 0 Å². The number of nitrogens with one attached hydrogen (secondary N) is 1. The van der Waals surface area contributed by atoms with Crippen LogP contribution < -0.4 is 10.9 Å². The molecule has 0 fully saturated rings. The van der Waals surface area contributed by atoms with Crippen molar-refractivity contribution in [3.8, 4) is 0 Å². The minimum atomic E-state index is -0.672. The first-order valence-corrected chi connectivity index (χ1v) is 8.00. The summed E-state index contributed by atoms with van der Waals surface area (Å²) in [6.07, 6.45) is 0.777. The topological polar surface area (TPSA) is 59.3 Å². The highest BCUT2D eigenvalue weighted by Gasteiger charge is 2.16. The Labute approximate surface area is 144 Å². The van der Waals surface area contributed by atoms with Crippen LogP contribution in [-0.2, 0) is 6.42 Å². The third-order valence-electron chi connectivity index (χ3n) is 3.92. The summed E-state index contributed by atoms with van der Waals surface area (Å²) in [4.78, 5) is 24.7. The van der Waals surface area contributed by atoms with E-state index in [-0.39, 0.29) is 5.56 Å². The molecule has 0 aliphatic carbocycles. The van der Waals surface area contributed by atoms with Crippen molar-refractivity contribution in [2.24, 2.45) is 0 Å². The molecule has 3 aromatic rings. The van der Waals surface area contributed by atoms with Crippen molar-refractivity contribution >= 4 is 34.2 Å². The molecule has 0 radical (unpaired) electrons. The lowest BCUT2D eigenvalue weighted by Crippen LogP contribution is -2.21. The molecular formula is C19H16ClNO3. The SMILES string of the molecule is CCc1cccc(C)c1NC(=O)c1cc2cc(Cl)ccc2oc1=O. The third-order valence-corrected chi connectivity index (χ3v) is 4.15. The molecule has 0 bridgehead atoms. The standard InChI is InChI=1S/C19H16ClNO3/c1-3-12-6-4-5-11(2)17(12)21-18(22)15-10-13-9-14(20)7-8-16(13)24-19(15)23/h4-10H,3H2,1-2H3,(H,21,22). The van der Waals surface area contributed by atoms with Crippen molar-refractivity contribution in [2.75, 3.05) is 5.32 Å². The Morgan fingerprint density at radius 2 is 2.00 bits per heavy atom. The van der Waals surface area contributed by atoms with Gasteiger partial charge >= 0.3 is 5.63 Å². The molecule has 4 nitrogen and oxygen atoms in total. The van der Waals surface area contributed by atoms with Gasteiger partial charge in [-0.25, -0.2) is 4.79 Å². The maximum Gasteiger partial charge on any atom is 0.349 e. The van der Waals surface area contributed by atoms with Crippen LogP contribution in [0.3, 0.4) is 0 Å². The molecule has 0 unspecified atom stereocenters. The van der Waals surface area contributed by atoms with Crippen LogP contribution in [0.1, 0.15) is 28.4 Å². The molecule has 2 aromatic carbocycles. The van der Waals surface area contributed by atoms with E-state index in [0.29, 0.717) is 16.0 Å². The first-order valence-electron chi connectivity index (χ1n) is 7.63. The summed E-state index contributed by atoms with van der Waals surface area (Å²) in [5, 5.41) is 3.95. The fourth-order valence-electron chi connectivity index (χ4n) is 2.64. The molecule has 0 atom stereocenters. The van der Waals surface area contributed by atoms with E-state index in [0.717, 1.165) is 23.2 Å². The second-order valence-electron chi connectivity index (χ2n) is 5.55. The van der Waals surface area contributed by atoms with E-state index in [1.165, 1.54) is 6.07 Å². The zero-order chi connectivity index (χ0) is 17.3. The molecule has 0 saturated heterocycles. The molecule has 122 valence electrons. The van der Waals surface area contributed by atoms with Gasteiger partial charge in [0.05, 0.1) is 0 Å². The maximum absolute atomic E-state index is 12.6. The quantitative estimate of drug-likeness (QED) is 0.710. The first kappa shape index (κ1) is 16.3. The molecule has 1 heterocycles. The minimum absolute atomic E-state index is 0.0462. The highest BCUT2D eigenvalue weighted by atomic mass is 35.5. The van der Waals surface area contributed by atoms with Crippen molar-refractivity contribution in [2.45, 2.75) is 20.3 Å². The number of halogens is 1. The van der Waals surface area contributed by atoms with Crippen LogP contribution >= 0.6 is 11.6 Å². The van der Waals surface area contributed by atoms with Gasteiger partial charge in [0.2, 0.25) is 0 Å². The predicted molar refractivity (Wildman–Crippen MR) is 96.0 cm³/mol. The summed E-state index contributed by atoms with van der Waals surface area (Å²) in [7, 11) is 0. The van der Waals surface area contributed by atoms with Gasteiger partial charge in [0.1, 0.15) is 11.1 Å².